The minimum absolute atomic E-state index is 0.154. The van der Waals surface area contributed by atoms with Gasteiger partial charge in [0.25, 0.3) is 0 Å². The van der Waals surface area contributed by atoms with Crippen molar-refractivity contribution in [2.75, 3.05) is 6.54 Å². The monoisotopic (exact) mass is 393 g/mol. The van der Waals surface area contributed by atoms with Crippen molar-refractivity contribution in [1.29, 1.82) is 5.26 Å². The Morgan fingerprint density at radius 3 is 2.57 bits per heavy atom. The molecule has 1 saturated heterocycles. The van der Waals surface area contributed by atoms with Gasteiger partial charge in [0, 0.05) is 18.5 Å². The molecule has 9 heteroatoms. The molecule has 1 fully saturated rings. The summed E-state index contributed by atoms with van der Waals surface area (Å²) < 4.78 is 44.7. The normalized spacial score (nSPS) is 18.5. The first kappa shape index (κ1) is 19.7. The lowest BCUT2D eigenvalue weighted by Gasteiger charge is -2.40. The highest BCUT2D eigenvalue weighted by atomic mass is 19.4. The Hall–Kier alpha value is -3.02. The number of ether oxygens (including phenoxy) is 1. The number of alkyl halides is 3. The molecule has 0 saturated carbocycles. The molecule has 6 nitrogen and oxygen atoms in total. The Morgan fingerprint density at radius 2 is 2.04 bits per heavy atom. The maximum Gasteiger partial charge on any atom is 0.471 e. The van der Waals surface area contributed by atoms with Gasteiger partial charge in [-0.05, 0) is 44.9 Å². The number of hydrogen-bond donors (Lipinski definition) is 1. The quantitative estimate of drug-likeness (QED) is 0.837. The molecule has 28 heavy (non-hydrogen) atoms. The van der Waals surface area contributed by atoms with E-state index in [2.05, 4.69) is 0 Å². The maximum atomic E-state index is 12.9. The fraction of sp³-hybridized carbons (Fsp3) is 0.421. The van der Waals surface area contributed by atoms with Gasteiger partial charge in [-0.25, -0.2) is 0 Å². The number of carbonyl (C=O) groups is 2. The fourth-order valence-corrected chi connectivity index (χ4v) is 3.47. The van der Waals surface area contributed by atoms with E-state index in [1.807, 2.05) is 11.4 Å². The van der Waals surface area contributed by atoms with Gasteiger partial charge in [-0.1, -0.05) is 0 Å². The summed E-state index contributed by atoms with van der Waals surface area (Å²) in [4.78, 5) is 25.5. The highest BCUT2D eigenvalue weighted by Crippen LogP contribution is 2.45. The molecule has 2 heterocycles. The van der Waals surface area contributed by atoms with Crippen molar-refractivity contribution >= 4 is 17.5 Å². The van der Waals surface area contributed by atoms with Crippen molar-refractivity contribution in [3.05, 3.63) is 34.5 Å². The van der Waals surface area contributed by atoms with Crippen LogP contribution in [0.5, 0.6) is 5.75 Å². The summed E-state index contributed by atoms with van der Waals surface area (Å²) in [6.07, 6.45) is -4.32. The van der Waals surface area contributed by atoms with E-state index in [4.69, 9.17) is 4.74 Å². The van der Waals surface area contributed by atoms with E-state index in [1.165, 1.54) is 18.7 Å². The molecule has 0 aliphatic carbocycles. The Kier molecular flexibility index (Phi) is 4.61. The summed E-state index contributed by atoms with van der Waals surface area (Å²) in [5, 5.41) is 11.3. The van der Waals surface area contributed by atoms with Crippen LogP contribution in [0.3, 0.4) is 0 Å². The van der Waals surface area contributed by atoms with E-state index in [0.717, 1.165) is 0 Å². The molecule has 0 bridgehead atoms. The number of fused-ring (bicyclic) bond motifs is 1. The molecule has 1 aromatic rings. The lowest BCUT2D eigenvalue weighted by Crippen LogP contribution is -2.49. The molecule has 2 aliphatic heterocycles. The maximum absolute atomic E-state index is 12.9. The first-order valence-corrected chi connectivity index (χ1v) is 8.63. The van der Waals surface area contributed by atoms with Crippen LogP contribution in [-0.4, -0.2) is 35.0 Å². The molecule has 0 atom stereocenters. The minimum Gasteiger partial charge on any atom is -0.481 e. The van der Waals surface area contributed by atoms with Crippen molar-refractivity contribution < 1.29 is 27.5 Å². The lowest BCUT2D eigenvalue weighted by molar-refractivity contribution is -0.173. The second-order valence-corrected chi connectivity index (χ2v) is 7.16. The average molecular weight is 393 g/mol. The van der Waals surface area contributed by atoms with Crippen LogP contribution in [0.25, 0.3) is 5.70 Å². The Bertz CT molecular complexity index is 942. The fourth-order valence-electron chi connectivity index (χ4n) is 3.47. The molecule has 0 aromatic heterocycles. The van der Waals surface area contributed by atoms with E-state index in [1.54, 1.807) is 19.1 Å². The minimum atomic E-state index is -5.10. The van der Waals surface area contributed by atoms with Crippen LogP contribution in [-0.2, 0) is 9.59 Å². The Morgan fingerprint density at radius 1 is 1.36 bits per heavy atom. The van der Waals surface area contributed by atoms with E-state index in [0.29, 0.717) is 35.4 Å². The van der Waals surface area contributed by atoms with Crippen LogP contribution in [0, 0.1) is 18.3 Å². The predicted octanol–water partition coefficient (Wildman–Crippen LogP) is 3.01. The first-order valence-electron chi connectivity index (χ1n) is 8.63. The van der Waals surface area contributed by atoms with Crippen molar-refractivity contribution in [2.24, 2.45) is 0 Å². The molecule has 2 amide bonds. The van der Waals surface area contributed by atoms with Crippen LogP contribution in [0.4, 0.5) is 13.2 Å². The largest absolute Gasteiger partial charge is 0.481 e. The summed E-state index contributed by atoms with van der Waals surface area (Å²) >= 11 is 0. The number of likely N-dealkylation sites (tertiary alicyclic amines) is 1. The number of hydrogen-bond acceptors (Lipinski definition) is 4. The summed E-state index contributed by atoms with van der Waals surface area (Å²) in [5.41, 5.74) is -0.244. The number of benzene rings is 1. The van der Waals surface area contributed by atoms with Crippen molar-refractivity contribution in [3.8, 4) is 11.8 Å². The SMILES string of the molecule is Cc1c(C#N)ccc2c1C(N1CCCC1=O)=C(NC(=O)C(F)(F)F)C(C)(C)O2. The number of rotatable bonds is 2. The smallest absolute Gasteiger partial charge is 0.471 e. The van der Waals surface area contributed by atoms with Crippen molar-refractivity contribution in [2.45, 2.75) is 45.4 Å². The van der Waals surface area contributed by atoms with Gasteiger partial charge in [0.1, 0.15) is 11.4 Å². The third kappa shape index (κ3) is 3.19. The molecule has 0 unspecified atom stereocenters. The van der Waals surface area contributed by atoms with Gasteiger partial charge in [0.15, 0.2) is 0 Å². The Labute approximate surface area is 159 Å². The average Bonchev–Trinajstić information content (AvgIpc) is 3.00. The van der Waals surface area contributed by atoms with Gasteiger partial charge in [-0.3, -0.25) is 9.59 Å². The Balaban J connectivity index is 2.31. The number of nitrogens with one attached hydrogen (secondary N) is 1. The van der Waals surface area contributed by atoms with Crippen LogP contribution >= 0.6 is 0 Å². The highest BCUT2D eigenvalue weighted by molar-refractivity contribution is 5.94. The molecule has 2 aliphatic rings. The third-order valence-corrected chi connectivity index (χ3v) is 4.83. The number of nitrogens with zero attached hydrogens (tertiary/aromatic N) is 2. The van der Waals surface area contributed by atoms with E-state index >= 15 is 0 Å². The standard InChI is InChI=1S/C19H18F3N3O3/c1-10-11(9-23)6-7-12-14(10)15(25-8-4-5-13(25)26)16(18(2,3)28-12)24-17(27)19(20,21)22/h6-7H,4-5,8H2,1-3H3,(H,24,27). The topological polar surface area (TPSA) is 82.4 Å². The van der Waals surface area contributed by atoms with Gasteiger partial charge < -0.3 is 15.0 Å². The molecule has 148 valence electrons. The van der Waals surface area contributed by atoms with E-state index in [9.17, 15) is 28.0 Å². The molecule has 0 spiro atoms. The number of carbonyl (C=O) groups excluding carboxylic acids is 2. The molecule has 1 aromatic carbocycles. The van der Waals surface area contributed by atoms with Crippen LogP contribution in [0.15, 0.2) is 17.8 Å². The predicted molar refractivity (Wildman–Crippen MR) is 92.7 cm³/mol. The number of nitriles is 1. The van der Waals surface area contributed by atoms with Crippen molar-refractivity contribution in [3.63, 3.8) is 0 Å². The van der Waals surface area contributed by atoms with Crippen LogP contribution in [0.2, 0.25) is 0 Å². The van der Waals surface area contributed by atoms with E-state index < -0.39 is 17.7 Å². The number of amides is 2. The van der Waals surface area contributed by atoms with Crippen molar-refractivity contribution in [1.82, 2.24) is 10.2 Å². The molecule has 0 radical (unpaired) electrons. The van der Waals surface area contributed by atoms with Crippen LogP contribution in [0.1, 0.15) is 43.4 Å². The summed E-state index contributed by atoms with van der Waals surface area (Å²) in [7, 11) is 0. The molecule has 1 N–H and O–H groups in total. The molecular weight excluding hydrogens is 375 g/mol. The second kappa shape index (κ2) is 6.55. The van der Waals surface area contributed by atoms with Gasteiger partial charge in [0.2, 0.25) is 5.91 Å². The first-order chi connectivity index (χ1) is 13.0. The van der Waals surface area contributed by atoms with Gasteiger partial charge >= 0.3 is 12.1 Å². The zero-order valence-electron chi connectivity index (χ0n) is 15.5. The molecule has 3 rings (SSSR count). The van der Waals surface area contributed by atoms with Gasteiger partial charge in [0.05, 0.1) is 23.0 Å². The summed E-state index contributed by atoms with van der Waals surface area (Å²) in [5.74, 6) is -2.08. The number of halogens is 3. The third-order valence-electron chi connectivity index (χ3n) is 4.83. The second-order valence-electron chi connectivity index (χ2n) is 7.16. The summed E-state index contributed by atoms with van der Waals surface area (Å²) in [6, 6.07) is 5.12. The molecular formula is C19H18F3N3O3. The zero-order chi connectivity index (χ0) is 20.9. The van der Waals surface area contributed by atoms with E-state index in [-0.39, 0.29) is 23.7 Å². The van der Waals surface area contributed by atoms with Gasteiger partial charge in [-0.2, -0.15) is 18.4 Å². The lowest BCUT2D eigenvalue weighted by atomic mass is 9.90. The zero-order valence-corrected chi connectivity index (χ0v) is 15.5. The highest BCUT2D eigenvalue weighted by Gasteiger charge is 2.46. The van der Waals surface area contributed by atoms with Gasteiger partial charge in [-0.15, -0.1) is 0 Å². The van der Waals surface area contributed by atoms with Crippen LogP contribution < -0.4 is 10.1 Å². The summed E-state index contributed by atoms with van der Waals surface area (Å²) in [6.45, 7) is 4.94.